The van der Waals surface area contributed by atoms with Crippen LogP contribution in [0.4, 0.5) is 0 Å². The van der Waals surface area contributed by atoms with Gasteiger partial charge < -0.3 is 4.74 Å². The van der Waals surface area contributed by atoms with Gasteiger partial charge in [-0.25, -0.2) is 5.43 Å². The fourth-order valence-corrected chi connectivity index (χ4v) is 2.15. The first-order valence-electron chi connectivity index (χ1n) is 7.25. The zero-order valence-corrected chi connectivity index (χ0v) is 15.0. The van der Waals surface area contributed by atoms with Gasteiger partial charge in [0.15, 0.2) is 6.61 Å². The van der Waals surface area contributed by atoms with Gasteiger partial charge in [-0.2, -0.15) is 5.10 Å². The lowest BCUT2D eigenvalue weighted by molar-refractivity contribution is -0.123. The molecule has 0 aromatic heterocycles. The van der Waals surface area contributed by atoms with Crippen LogP contribution in [0.2, 0.25) is 0 Å². The van der Waals surface area contributed by atoms with Gasteiger partial charge in [0.25, 0.3) is 5.91 Å². The van der Waals surface area contributed by atoms with Crippen LogP contribution >= 0.6 is 15.9 Å². The van der Waals surface area contributed by atoms with E-state index in [0.717, 1.165) is 21.3 Å². The highest BCUT2D eigenvalue weighted by atomic mass is 79.9. The average molecular weight is 375 g/mol. The molecular weight excluding hydrogens is 356 g/mol. The predicted molar refractivity (Wildman–Crippen MR) is 95.9 cm³/mol. The number of aryl methyl sites for hydroxylation is 2. The number of amides is 1. The van der Waals surface area contributed by atoms with Gasteiger partial charge in [-0.15, -0.1) is 0 Å². The number of hydrazone groups is 1. The van der Waals surface area contributed by atoms with E-state index in [1.165, 1.54) is 5.56 Å². The van der Waals surface area contributed by atoms with Gasteiger partial charge in [0.05, 0.1) is 5.71 Å². The molecule has 0 bridgehead atoms. The standard InChI is InChI=1S/C18H19BrN2O2/c1-12-4-9-17(10-13(12)2)23-11-18(22)21-20-14(3)15-5-7-16(19)8-6-15/h4-10H,11H2,1-3H3,(H,21,22)/b20-14-. The van der Waals surface area contributed by atoms with Crippen LogP contribution < -0.4 is 10.2 Å². The number of ether oxygens (including phenoxy) is 1. The zero-order valence-electron chi connectivity index (χ0n) is 13.4. The summed E-state index contributed by atoms with van der Waals surface area (Å²) in [5.74, 6) is 0.386. The minimum atomic E-state index is -0.292. The molecule has 0 aliphatic rings. The van der Waals surface area contributed by atoms with Crippen molar-refractivity contribution in [2.24, 2.45) is 5.10 Å². The van der Waals surface area contributed by atoms with Crippen molar-refractivity contribution in [2.45, 2.75) is 20.8 Å². The third-order valence-corrected chi connectivity index (χ3v) is 3.99. The van der Waals surface area contributed by atoms with Crippen molar-refractivity contribution in [3.05, 3.63) is 63.6 Å². The van der Waals surface area contributed by atoms with Gasteiger partial charge in [0.1, 0.15) is 5.75 Å². The molecule has 2 rings (SSSR count). The monoisotopic (exact) mass is 374 g/mol. The molecule has 0 aliphatic heterocycles. The van der Waals surface area contributed by atoms with Crippen molar-refractivity contribution >= 4 is 27.5 Å². The van der Waals surface area contributed by atoms with Crippen LogP contribution in [0, 0.1) is 13.8 Å². The van der Waals surface area contributed by atoms with Crippen LogP contribution in [-0.4, -0.2) is 18.2 Å². The van der Waals surface area contributed by atoms with Crippen molar-refractivity contribution in [1.82, 2.24) is 5.43 Å². The van der Waals surface area contributed by atoms with E-state index in [9.17, 15) is 4.79 Å². The third kappa shape index (κ3) is 5.21. The van der Waals surface area contributed by atoms with Crippen molar-refractivity contribution < 1.29 is 9.53 Å². The first-order valence-corrected chi connectivity index (χ1v) is 8.04. The maximum Gasteiger partial charge on any atom is 0.277 e. The predicted octanol–water partition coefficient (Wildman–Crippen LogP) is 3.99. The highest BCUT2D eigenvalue weighted by Crippen LogP contribution is 2.16. The second kappa shape index (κ2) is 7.92. The Labute approximate surface area is 144 Å². The highest BCUT2D eigenvalue weighted by Gasteiger charge is 2.04. The Kier molecular flexibility index (Phi) is 5.93. The smallest absolute Gasteiger partial charge is 0.277 e. The molecule has 0 unspecified atom stereocenters. The van der Waals surface area contributed by atoms with Crippen LogP contribution in [0.1, 0.15) is 23.6 Å². The molecule has 1 amide bonds. The lowest BCUT2D eigenvalue weighted by Gasteiger charge is -2.08. The summed E-state index contributed by atoms with van der Waals surface area (Å²) in [6.45, 7) is 5.81. The van der Waals surface area contributed by atoms with Crippen LogP contribution in [0.25, 0.3) is 0 Å². The molecule has 0 radical (unpaired) electrons. The van der Waals surface area contributed by atoms with Crippen LogP contribution in [-0.2, 0) is 4.79 Å². The van der Waals surface area contributed by atoms with E-state index in [1.54, 1.807) is 0 Å². The molecule has 2 aromatic carbocycles. The number of carbonyl (C=O) groups is 1. The second-order valence-electron chi connectivity index (χ2n) is 5.27. The molecule has 0 heterocycles. The van der Waals surface area contributed by atoms with Gasteiger partial charge in [-0.1, -0.05) is 34.1 Å². The molecule has 0 saturated heterocycles. The van der Waals surface area contributed by atoms with E-state index < -0.39 is 0 Å². The lowest BCUT2D eigenvalue weighted by Crippen LogP contribution is -2.25. The molecule has 120 valence electrons. The van der Waals surface area contributed by atoms with Crippen molar-refractivity contribution in [1.29, 1.82) is 0 Å². The van der Waals surface area contributed by atoms with E-state index in [1.807, 2.05) is 63.2 Å². The highest BCUT2D eigenvalue weighted by molar-refractivity contribution is 9.10. The number of hydrogen-bond donors (Lipinski definition) is 1. The molecule has 1 N–H and O–H groups in total. The Hall–Kier alpha value is -2.14. The number of nitrogens with one attached hydrogen (secondary N) is 1. The molecule has 0 spiro atoms. The Morgan fingerprint density at radius 3 is 2.48 bits per heavy atom. The fraction of sp³-hybridized carbons (Fsp3) is 0.222. The van der Waals surface area contributed by atoms with Gasteiger partial charge in [-0.3, -0.25) is 4.79 Å². The molecule has 0 saturated carbocycles. The van der Waals surface area contributed by atoms with E-state index in [0.29, 0.717) is 5.75 Å². The molecule has 0 aliphatic carbocycles. The quantitative estimate of drug-likeness (QED) is 0.635. The van der Waals surface area contributed by atoms with Crippen LogP contribution in [0.5, 0.6) is 5.75 Å². The maximum atomic E-state index is 11.8. The molecule has 2 aromatic rings. The number of rotatable bonds is 5. The Morgan fingerprint density at radius 1 is 1.13 bits per heavy atom. The Morgan fingerprint density at radius 2 is 1.83 bits per heavy atom. The fourth-order valence-electron chi connectivity index (χ4n) is 1.89. The maximum absolute atomic E-state index is 11.8. The minimum absolute atomic E-state index is 0.0698. The topological polar surface area (TPSA) is 50.7 Å². The summed E-state index contributed by atoms with van der Waals surface area (Å²) >= 11 is 3.38. The van der Waals surface area contributed by atoms with Crippen molar-refractivity contribution in [3.8, 4) is 5.75 Å². The Balaban J connectivity index is 1.88. The van der Waals surface area contributed by atoms with Crippen molar-refractivity contribution in [3.63, 3.8) is 0 Å². The first-order chi connectivity index (χ1) is 11.0. The largest absolute Gasteiger partial charge is 0.484 e. The number of carbonyl (C=O) groups excluding carboxylic acids is 1. The number of nitrogens with zero attached hydrogens (tertiary/aromatic N) is 1. The van der Waals surface area contributed by atoms with Crippen molar-refractivity contribution in [2.75, 3.05) is 6.61 Å². The summed E-state index contributed by atoms with van der Waals surface area (Å²) in [6, 6.07) is 13.5. The van der Waals surface area contributed by atoms with E-state index in [-0.39, 0.29) is 12.5 Å². The van der Waals surface area contributed by atoms with Gasteiger partial charge in [0.2, 0.25) is 0 Å². The summed E-state index contributed by atoms with van der Waals surface area (Å²) in [7, 11) is 0. The summed E-state index contributed by atoms with van der Waals surface area (Å²) in [5, 5.41) is 4.09. The molecule has 4 nitrogen and oxygen atoms in total. The summed E-state index contributed by atoms with van der Waals surface area (Å²) in [5.41, 5.74) is 6.51. The average Bonchev–Trinajstić information content (AvgIpc) is 2.54. The molecular formula is C18H19BrN2O2. The van der Waals surface area contributed by atoms with Gasteiger partial charge in [0, 0.05) is 4.47 Å². The number of hydrogen-bond acceptors (Lipinski definition) is 3. The zero-order chi connectivity index (χ0) is 16.8. The molecule has 23 heavy (non-hydrogen) atoms. The molecule has 5 heteroatoms. The normalized spacial score (nSPS) is 11.2. The number of halogens is 1. The van der Waals surface area contributed by atoms with Crippen LogP contribution in [0.3, 0.4) is 0 Å². The second-order valence-corrected chi connectivity index (χ2v) is 6.19. The van der Waals surface area contributed by atoms with Gasteiger partial charge in [-0.05, 0) is 61.7 Å². The minimum Gasteiger partial charge on any atom is -0.484 e. The lowest BCUT2D eigenvalue weighted by atomic mass is 10.1. The van der Waals surface area contributed by atoms with E-state index in [4.69, 9.17) is 4.74 Å². The Bertz CT molecular complexity index is 724. The SMILES string of the molecule is C/C(=N/NC(=O)COc1ccc(C)c(C)c1)c1ccc(Br)cc1. The summed E-state index contributed by atoms with van der Waals surface area (Å²) in [6.07, 6.45) is 0. The molecule has 0 fully saturated rings. The first kappa shape index (κ1) is 17.2. The molecule has 0 atom stereocenters. The third-order valence-electron chi connectivity index (χ3n) is 3.46. The van der Waals surface area contributed by atoms with Gasteiger partial charge >= 0.3 is 0 Å². The summed E-state index contributed by atoms with van der Waals surface area (Å²) in [4.78, 5) is 11.8. The van der Waals surface area contributed by atoms with Crippen LogP contribution in [0.15, 0.2) is 52.0 Å². The number of benzene rings is 2. The van der Waals surface area contributed by atoms with E-state index >= 15 is 0 Å². The summed E-state index contributed by atoms with van der Waals surface area (Å²) < 4.78 is 6.47. The van der Waals surface area contributed by atoms with E-state index in [2.05, 4.69) is 26.5 Å².